The summed E-state index contributed by atoms with van der Waals surface area (Å²) >= 11 is 0. The lowest BCUT2D eigenvalue weighted by molar-refractivity contribution is -0.137. The van der Waals surface area contributed by atoms with Crippen LogP contribution in [0.25, 0.3) is 11.0 Å². The summed E-state index contributed by atoms with van der Waals surface area (Å²) in [5.74, 6) is 0.201. The average Bonchev–Trinajstić information content (AvgIpc) is 2.57. The van der Waals surface area contributed by atoms with E-state index < -0.39 is 5.97 Å². The van der Waals surface area contributed by atoms with E-state index >= 15 is 0 Å². The van der Waals surface area contributed by atoms with Crippen LogP contribution >= 0.6 is 0 Å². The lowest BCUT2D eigenvalue weighted by Gasteiger charge is -2.09. The Balaban J connectivity index is 2.73. The van der Waals surface area contributed by atoms with Crippen molar-refractivity contribution < 1.29 is 9.90 Å². The van der Waals surface area contributed by atoms with E-state index in [2.05, 4.69) is 4.98 Å². The Morgan fingerprint density at radius 3 is 2.76 bits per heavy atom. The van der Waals surface area contributed by atoms with E-state index in [0.29, 0.717) is 0 Å². The van der Waals surface area contributed by atoms with Crippen molar-refractivity contribution in [3.05, 3.63) is 29.6 Å². The molecule has 0 fully saturated rings. The number of hydrogen-bond donors (Lipinski definition) is 1. The smallest absolute Gasteiger partial charge is 0.323 e. The molecular formula is C13H16N2O2. The molecule has 17 heavy (non-hydrogen) atoms. The number of para-hydroxylation sites is 1. The highest BCUT2D eigenvalue weighted by atomic mass is 16.4. The number of imidazole rings is 1. The van der Waals surface area contributed by atoms with Crippen molar-refractivity contribution in [2.24, 2.45) is 0 Å². The fourth-order valence-corrected chi connectivity index (χ4v) is 2.12. The van der Waals surface area contributed by atoms with Crippen molar-refractivity contribution in [3.63, 3.8) is 0 Å². The minimum atomic E-state index is -0.838. The van der Waals surface area contributed by atoms with Gasteiger partial charge in [-0.05, 0) is 18.6 Å². The summed E-state index contributed by atoms with van der Waals surface area (Å²) < 4.78 is 1.80. The summed E-state index contributed by atoms with van der Waals surface area (Å²) in [6.07, 6.45) is 0. The van der Waals surface area contributed by atoms with Gasteiger partial charge in [0.05, 0.1) is 11.0 Å². The van der Waals surface area contributed by atoms with E-state index in [0.717, 1.165) is 22.4 Å². The molecule has 0 aliphatic carbocycles. The van der Waals surface area contributed by atoms with Crippen molar-refractivity contribution in [1.82, 2.24) is 9.55 Å². The van der Waals surface area contributed by atoms with Gasteiger partial charge < -0.3 is 9.67 Å². The minimum Gasteiger partial charge on any atom is -0.480 e. The fourth-order valence-electron chi connectivity index (χ4n) is 2.12. The lowest BCUT2D eigenvalue weighted by Crippen LogP contribution is -2.13. The Bertz CT molecular complexity index is 570. The molecule has 0 atom stereocenters. The molecule has 0 unspecified atom stereocenters. The zero-order valence-electron chi connectivity index (χ0n) is 10.3. The molecular weight excluding hydrogens is 216 g/mol. The van der Waals surface area contributed by atoms with E-state index in [1.807, 2.05) is 39.0 Å². The summed E-state index contributed by atoms with van der Waals surface area (Å²) in [5.41, 5.74) is 2.86. The van der Waals surface area contributed by atoms with Gasteiger partial charge in [-0.1, -0.05) is 26.0 Å². The Morgan fingerprint density at radius 2 is 2.18 bits per heavy atom. The summed E-state index contributed by atoms with van der Waals surface area (Å²) in [5, 5.41) is 8.99. The Kier molecular flexibility index (Phi) is 2.88. The highest BCUT2D eigenvalue weighted by Crippen LogP contribution is 2.24. The van der Waals surface area contributed by atoms with Crippen LogP contribution in [0.3, 0.4) is 0 Å². The molecule has 0 aliphatic heterocycles. The Morgan fingerprint density at radius 1 is 1.47 bits per heavy atom. The summed E-state index contributed by atoms with van der Waals surface area (Å²) in [4.78, 5) is 15.5. The number of carboxylic acids is 1. The van der Waals surface area contributed by atoms with Gasteiger partial charge in [-0.15, -0.1) is 0 Å². The maximum Gasteiger partial charge on any atom is 0.323 e. The third kappa shape index (κ3) is 2.02. The van der Waals surface area contributed by atoms with Crippen LogP contribution in [0.15, 0.2) is 18.2 Å². The van der Waals surface area contributed by atoms with Crippen LogP contribution in [-0.4, -0.2) is 20.6 Å². The summed E-state index contributed by atoms with van der Waals surface area (Å²) in [6, 6.07) is 5.85. The number of nitrogens with zero attached hydrogens (tertiary/aromatic N) is 2. The number of benzene rings is 1. The van der Waals surface area contributed by atoms with Gasteiger partial charge in [0.15, 0.2) is 0 Å². The fraction of sp³-hybridized carbons (Fsp3) is 0.385. The highest BCUT2D eigenvalue weighted by Gasteiger charge is 2.16. The molecule has 1 aromatic carbocycles. The number of rotatable bonds is 3. The predicted molar refractivity (Wildman–Crippen MR) is 66.2 cm³/mol. The monoisotopic (exact) mass is 232 g/mol. The summed E-state index contributed by atoms with van der Waals surface area (Å²) in [6.45, 7) is 5.99. The molecule has 0 bridgehead atoms. The van der Waals surface area contributed by atoms with Gasteiger partial charge in [0.1, 0.15) is 12.4 Å². The molecule has 90 valence electrons. The molecule has 0 saturated carbocycles. The van der Waals surface area contributed by atoms with Gasteiger partial charge in [0.2, 0.25) is 0 Å². The second kappa shape index (κ2) is 4.20. The molecule has 2 aromatic rings. The number of aryl methyl sites for hydroxylation is 1. The van der Waals surface area contributed by atoms with E-state index in [-0.39, 0.29) is 12.5 Å². The number of aromatic nitrogens is 2. The minimum absolute atomic E-state index is 0.0329. The molecule has 2 rings (SSSR count). The first-order valence-electron chi connectivity index (χ1n) is 5.68. The molecule has 0 amide bonds. The van der Waals surface area contributed by atoms with Crippen molar-refractivity contribution in [1.29, 1.82) is 0 Å². The highest BCUT2D eigenvalue weighted by molar-refractivity contribution is 5.81. The predicted octanol–water partition coefficient (Wildman–Crippen LogP) is 2.55. The largest absolute Gasteiger partial charge is 0.480 e. The maximum atomic E-state index is 10.9. The van der Waals surface area contributed by atoms with Crippen LogP contribution in [0, 0.1) is 6.92 Å². The van der Waals surface area contributed by atoms with Crippen LogP contribution in [0.2, 0.25) is 0 Å². The van der Waals surface area contributed by atoms with E-state index in [1.54, 1.807) is 4.57 Å². The van der Waals surface area contributed by atoms with Crippen molar-refractivity contribution >= 4 is 17.0 Å². The second-order valence-electron chi connectivity index (χ2n) is 4.55. The zero-order chi connectivity index (χ0) is 12.6. The van der Waals surface area contributed by atoms with Gasteiger partial charge >= 0.3 is 5.97 Å². The topological polar surface area (TPSA) is 55.1 Å². The number of fused-ring (bicyclic) bond motifs is 1. The van der Waals surface area contributed by atoms with E-state index in [4.69, 9.17) is 5.11 Å². The quantitative estimate of drug-likeness (QED) is 0.884. The average molecular weight is 232 g/mol. The lowest BCUT2D eigenvalue weighted by atomic mass is 10.2. The van der Waals surface area contributed by atoms with Crippen LogP contribution in [0.1, 0.15) is 31.2 Å². The van der Waals surface area contributed by atoms with Crippen molar-refractivity contribution in [3.8, 4) is 0 Å². The van der Waals surface area contributed by atoms with Crippen LogP contribution < -0.4 is 0 Å². The molecule has 1 N–H and O–H groups in total. The van der Waals surface area contributed by atoms with Gasteiger partial charge in [0.25, 0.3) is 0 Å². The third-order valence-electron chi connectivity index (χ3n) is 2.81. The number of carbonyl (C=O) groups is 1. The first kappa shape index (κ1) is 11.6. The summed E-state index contributed by atoms with van der Waals surface area (Å²) in [7, 11) is 0. The van der Waals surface area contributed by atoms with Gasteiger partial charge in [0, 0.05) is 5.92 Å². The first-order valence-corrected chi connectivity index (χ1v) is 5.68. The molecule has 1 aromatic heterocycles. The van der Waals surface area contributed by atoms with E-state index in [9.17, 15) is 4.79 Å². The number of aliphatic carboxylic acids is 1. The SMILES string of the molecule is Cc1cccc2nc(C(C)C)n(CC(=O)O)c12. The molecule has 0 spiro atoms. The molecule has 0 radical (unpaired) electrons. The molecule has 0 saturated heterocycles. The standard InChI is InChI=1S/C13H16N2O2/c1-8(2)13-14-10-6-4-5-9(3)12(10)15(13)7-11(16)17/h4-6,8H,7H2,1-3H3,(H,16,17). The molecule has 4 nitrogen and oxygen atoms in total. The Hall–Kier alpha value is -1.84. The van der Waals surface area contributed by atoms with Crippen LogP contribution in [0.4, 0.5) is 0 Å². The first-order chi connectivity index (χ1) is 8.00. The van der Waals surface area contributed by atoms with Gasteiger partial charge in [-0.3, -0.25) is 4.79 Å². The Labute approximate surface area is 99.9 Å². The van der Waals surface area contributed by atoms with Crippen molar-refractivity contribution in [2.75, 3.05) is 0 Å². The molecule has 4 heteroatoms. The zero-order valence-corrected chi connectivity index (χ0v) is 10.3. The van der Waals surface area contributed by atoms with Gasteiger partial charge in [-0.2, -0.15) is 0 Å². The van der Waals surface area contributed by atoms with Crippen molar-refractivity contribution in [2.45, 2.75) is 33.2 Å². The van der Waals surface area contributed by atoms with Gasteiger partial charge in [-0.25, -0.2) is 4.98 Å². The van der Waals surface area contributed by atoms with E-state index in [1.165, 1.54) is 0 Å². The maximum absolute atomic E-state index is 10.9. The number of carboxylic acid groups (broad SMARTS) is 1. The molecule has 1 heterocycles. The normalized spacial score (nSPS) is 11.3. The van der Waals surface area contributed by atoms with Crippen LogP contribution in [0.5, 0.6) is 0 Å². The number of hydrogen-bond acceptors (Lipinski definition) is 2. The van der Waals surface area contributed by atoms with Crippen LogP contribution in [-0.2, 0) is 11.3 Å². The molecule has 0 aliphatic rings. The second-order valence-corrected chi connectivity index (χ2v) is 4.55. The third-order valence-corrected chi connectivity index (χ3v) is 2.81.